The highest BCUT2D eigenvalue weighted by Gasteiger charge is 2.20. The number of aliphatic carboxylic acids is 1. The Morgan fingerprint density at radius 3 is 2.50 bits per heavy atom. The Hall–Kier alpha value is -1.65. The van der Waals surface area contributed by atoms with E-state index in [1.165, 1.54) is 11.8 Å². The lowest BCUT2D eigenvalue weighted by Crippen LogP contribution is -2.19. The summed E-state index contributed by atoms with van der Waals surface area (Å²) < 4.78 is 5.11. The maximum atomic E-state index is 11.5. The molecule has 2 aromatic rings. The average Bonchev–Trinajstić information content (AvgIpc) is 2.49. The molecule has 1 unspecified atom stereocenters. The molecule has 1 N–H and O–H groups in total. The van der Waals surface area contributed by atoms with Crippen LogP contribution in [0.5, 0.6) is 5.75 Å². The van der Waals surface area contributed by atoms with Crippen molar-refractivity contribution in [3.05, 3.63) is 58.6 Å². The van der Waals surface area contributed by atoms with Gasteiger partial charge in [-0.25, -0.2) is 0 Å². The first-order valence-electron chi connectivity index (χ1n) is 6.78. The fourth-order valence-electron chi connectivity index (χ4n) is 2.01. The molecular weight excluding hydrogens is 320 g/mol. The number of hydrogen-bond acceptors (Lipinski definition) is 3. The third-order valence-corrected chi connectivity index (χ3v) is 4.70. The molecule has 0 fully saturated rings. The van der Waals surface area contributed by atoms with Crippen LogP contribution in [0.15, 0.2) is 47.4 Å². The standard InChI is InChI=1S/C17H17ClO3S/c1-11-3-6-13(7-4-11)22-16(17(19)20)10-12-5-8-15(21-2)14(18)9-12/h3-9,16H,10H2,1-2H3,(H,19,20). The highest BCUT2D eigenvalue weighted by Crippen LogP contribution is 2.29. The lowest BCUT2D eigenvalue weighted by atomic mass is 10.1. The van der Waals surface area contributed by atoms with Gasteiger partial charge in [0.05, 0.1) is 12.1 Å². The van der Waals surface area contributed by atoms with E-state index in [-0.39, 0.29) is 0 Å². The Kier molecular flexibility index (Phi) is 5.75. The van der Waals surface area contributed by atoms with Crippen molar-refractivity contribution in [1.82, 2.24) is 0 Å². The van der Waals surface area contributed by atoms with Crippen LogP contribution >= 0.6 is 23.4 Å². The van der Waals surface area contributed by atoms with Crippen LogP contribution in [0.3, 0.4) is 0 Å². The topological polar surface area (TPSA) is 46.5 Å². The summed E-state index contributed by atoms with van der Waals surface area (Å²) in [6, 6.07) is 13.2. The third kappa shape index (κ3) is 4.42. The zero-order valence-electron chi connectivity index (χ0n) is 12.4. The van der Waals surface area contributed by atoms with Gasteiger partial charge in [-0.15, -0.1) is 11.8 Å². The number of hydrogen-bond donors (Lipinski definition) is 1. The number of thioether (sulfide) groups is 1. The van der Waals surface area contributed by atoms with Crippen molar-refractivity contribution in [3.8, 4) is 5.75 Å². The van der Waals surface area contributed by atoms with E-state index in [4.69, 9.17) is 16.3 Å². The molecule has 0 saturated carbocycles. The van der Waals surface area contributed by atoms with Gasteiger partial charge >= 0.3 is 5.97 Å². The van der Waals surface area contributed by atoms with Crippen molar-refractivity contribution in [2.75, 3.05) is 7.11 Å². The zero-order chi connectivity index (χ0) is 16.1. The van der Waals surface area contributed by atoms with E-state index in [0.29, 0.717) is 17.2 Å². The van der Waals surface area contributed by atoms with Crippen LogP contribution in [0.4, 0.5) is 0 Å². The molecule has 0 aliphatic rings. The number of carboxylic acid groups (broad SMARTS) is 1. The zero-order valence-corrected chi connectivity index (χ0v) is 13.9. The lowest BCUT2D eigenvalue weighted by molar-refractivity contribution is -0.136. The summed E-state index contributed by atoms with van der Waals surface area (Å²) in [7, 11) is 1.55. The van der Waals surface area contributed by atoms with Crippen molar-refractivity contribution in [3.63, 3.8) is 0 Å². The van der Waals surface area contributed by atoms with Crippen LogP contribution in [0.1, 0.15) is 11.1 Å². The second-order valence-electron chi connectivity index (χ2n) is 4.93. The van der Waals surface area contributed by atoms with E-state index < -0.39 is 11.2 Å². The van der Waals surface area contributed by atoms with Gasteiger partial charge in [-0.05, 0) is 43.2 Å². The largest absolute Gasteiger partial charge is 0.495 e. The molecule has 0 aliphatic heterocycles. The van der Waals surface area contributed by atoms with Crippen LogP contribution in [0.2, 0.25) is 5.02 Å². The lowest BCUT2D eigenvalue weighted by Gasteiger charge is -2.13. The van der Waals surface area contributed by atoms with E-state index in [1.807, 2.05) is 37.3 Å². The van der Waals surface area contributed by atoms with Gasteiger partial charge in [-0.1, -0.05) is 35.4 Å². The van der Waals surface area contributed by atoms with Crippen LogP contribution in [0.25, 0.3) is 0 Å². The smallest absolute Gasteiger partial charge is 0.317 e. The van der Waals surface area contributed by atoms with Gasteiger partial charge in [0.2, 0.25) is 0 Å². The first-order chi connectivity index (χ1) is 10.5. The molecule has 0 heterocycles. The summed E-state index contributed by atoms with van der Waals surface area (Å²) in [6.45, 7) is 2.00. The predicted molar refractivity (Wildman–Crippen MR) is 90.2 cm³/mol. The Labute approximate surface area is 139 Å². The summed E-state index contributed by atoms with van der Waals surface area (Å²) in [6.07, 6.45) is 0.400. The molecule has 1 atom stereocenters. The molecule has 0 aromatic heterocycles. The minimum absolute atomic E-state index is 0.400. The second kappa shape index (κ2) is 7.56. The Bertz CT molecular complexity index is 655. The number of halogens is 1. The van der Waals surface area contributed by atoms with Gasteiger partial charge in [0, 0.05) is 4.90 Å². The average molecular weight is 337 g/mol. The van der Waals surface area contributed by atoms with Crippen LogP contribution in [-0.2, 0) is 11.2 Å². The normalized spacial score (nSPS) is 12.0. The van der Waals surface area contributed by atoms with Crippen molar-refractivity contribution >= 4 is 29.3 Å². The van der Waals surface area contributed by atoms with E-state index in [9.17, 15) is 9.90 Å². The maximum Gasteiger partial charge on any atom is 0.317 e. The summed E-state index contributed by atoms with van der Waals surface area (Å²) in [5.41, 5.74) is 2.02. The number of carboxylic acids is 1. The van der Waals surface area contributed by atoms with E-state index in [2.05, 4.69) is 0 Å². The Balaban J connectivity index is 2.13. The van der Waals surface area contributed by atoms with Crippen LogP contribution < -0.4 is 4.74 Å². The molecule has 2 rings (SSSR count). The molecular formula is C17H17ClO3S. The summed E-state index contributed by atoms with van der Waals surface area (Å²) in [5.74, 6) is -0.249. The number of benzene rings is 2. The minimum Gasteiger partial charge on any atom is -0.495 e. The molecule has 0 bridgehead atoms. The number of ether oxygens (including phenoxy) is 1. The SMILES string of the molecule is COc1ccc(CC(Sc2ccc(C)cc2)C(=O)O)cc1Cl. The van der Waals surface area contributed by atoms with Gasteiger partial charge in [0.1, 0.15) is 11.0 Å². The van der Waals surface area contributed by atoms with E-state index in [0.717, 1.165) is 16.0 Å². The van der Waals surface area contributed by atoms with Gasteiger partial charge in [-0.2, -0.15) is 0 Å². The number of rotatable bonds is 6. The molecule has 0 saturated heterocycles. The van der Waals surface area contributed by atoms with Crippen LogP contribution in [0, 0.1) is 6.92 Å². The third-order valence-electron chi connectivity index (χ3n) is 3.21. The monoisotopic (exact) mass is 336 g/mol. The van der Waals surface area contributed by atoms with Gasteiger partial charge in [0.25, 0.3) is 0 Å². The minimum atomic E-state index is -0.836. The molecule has 0 radical (unpaired) electrons. The van der Waals surface area contributed by atoms with Gasteiger partial charge in [-0.3, -0.25) is 4.79 Å². The molecule has 22 heavy (non-hydrogen) atoms. The van der Waals surface area contributed by atoms with Crippen molar-refractivity contribution in [2.45, 2.75) is 23.5 Å². The molecule has 0 aliphatic carbocycles. The maximum absolute atomic E-state index is 11.5. The molecule has 2 aromatic carbocycles. The fraction of sp³-hybridized carbons (Fsp3) is 0.235. The van der Waals surface area contributed by atoms with Crippen LogP contribution in [-0.4, -0.2) is 23.4 Å². The predicted octanol–water partition coefficient (Wildman–Crippen LogP) is 4.45. The first kappa shape index (κ1) is 16.7. The second-order valence-corrected chi connectivity index (χ2v) is 6.61. The molecule has 116 valence electrons. The van der Waals surface area contributed by atoms with Crippen molar-refractivity contribution in [2.24, 2.45) is 0 Å². The number of aryl methyl sites for hydroxylation is 1. The highest BCUT2D eigenvalue weighted by molar-refractivity contribution is 8.00. The molecule has 0 amide bonds. The summed E-state index contributed by atoms with van der Waals surface area (Å²) in [4.78, 5) is 12.4. The Morgan fingerprint density at radius 2 is 1.95 bits per heavy atom. The van der Waals surface area contributed by atoms with E-state index >= 15 is 0 Å². The number of methoxy groups -OCH3 is 1. The van der Waals surface area contributed by atoms with Gasteiger partial charge < -0.3 is 9.84 Å². The fourth-order valence-corrected chi connectivity index (χ4v) is 3.29. The van der Waals surface area contributed by atoms with Gasteiger partial charge in [0.15, 0.2) is 0 Å². The number of carbonyl (C=O) groups is 1. The quantitative estimate of drug-likeness (QED) is 0.792. The highest BCUT2D eigenvalue weighted by atomic mass is 35.5. The summed E-state index contributed by atoms with van der Waals surface area (Å²) in [5, 5.41) is 9.37. The first-order valence-corrected chi connectivity index (χ1v) is 8.04. The molecule has 0 spiro atoms. The molecule has 3 nitrogen and oxygen atoms in total. The summed E-state index contributed by atoms with van der Waals surface area (Å²) >= 11 is 7.43. The van der Waals surface area contributed by atoms with E-state index in [1.54, 1.807) is 19.2 Å². The van der Waals surface area contributed by atoms with Crippen molar-refractivity contribution in [1.29, 1.82) is 0 Å². The Morgan fingerprint density at radius 1 is 1.27 bits per heavy atom. The van der Waals surface area contributed by atoms with Crippen molar-refractivity contribution < 1.29 is 14.6 Å². The molecule has 5 heteroatoms.